The number of benzene rings is 1. The number of rotatable bonds is 2. The van der Waals surface area contributed by atoms with Crippen LogP contribution < -0.4 is 0 Å². The molecule has 3 nitrogen and oxygen atoms in total. The zero-order valence-electron chi connectivity index (χ0n) is 11.3. The zero-order chi connectivity index (χ0) is 13.4. The molecule has 1 saturated heterocycles. The van der Waals surface area contributed by atoms with E-state index in [0.717, 1.165) is 11.0 Å². The molecule has 1 unspecified atom stereocenters. The van der Waals surface area contributed by atoms with E-state index >= 15 is 0 Å². The van der Waals surface area contributed by atoms with Crippen molar-refractivity contribution in [3.05, 3.63) is 29.6 Å². The standard InChI is InChI=1S/C15H17N3S/c1-10(2)18-13-6-5-11(9-16)8-12(13)17-15(18)14-4-3-7-19-14/h5-6,8,10,14H,3-4,7H2,1-2H3. The Bertz CT molecular complexity index is 645. The summed E-state index contributed by atoms with van der Waals surface area (Å²) in [5, 5.41) is 9.52. The number of thioether (sulfide) groups is 1. The lowest BCUT2D eigenvalue weighted by Crippen LogP contribution is -2.07. The Morgan fingerprint density at radius 3 is 2.95 bits per heavy atom. The molecule has 1 aromatic heterocycles. The third kappa shape index (κ3) is 2.12. The molecule has 1 aliphatic heterocycles. The van der Waals surface area contributed by atoms with E-state index in [0.29, 0.717) is 16.9 Å². The minimum Gasteiger partial charge on any atom is -0.324 e. The van der Waals surface area contributed by atoms with E-state index in [1.807, 2.05) is 30.0 Å². The molecule has 4 heteroatoms. The molecule has 3 rings (SSSR count). The Morgan fingerprint density at radius 2 is 2.32 bits per heavy atom. The molecule has 19 heavy (non-hydrogen) atoms. The van der Waals surface area contributed by atoms with Gasteiger partial charge in [-0.25, -0.2) is 4.98 Å². The highest BCUT2D eigenvalue weighted by atomic mass is 32.2. The molecule has 0 saturated carbocycles. The Hall–Kier alpha value is -1.47. The van der Waals surface area contributed by atoms with Crippen molar-refractivity contribution in [1.82, 2.24) is 9.55 Å². The number of fused-ring (bicyclic) bond motifs is 1. The average Bonchev–Trinajstić information content (AvgIpc) is 3.04. The molecule has 1 aliphatic rings. The molecule has 2 heterocycles. The van der Waals surface area contributed by atoms with Gasteiger partial charge >= 0.3 is 0 Å². The third-order valence-corrected chi connectivity index (χ3v) is 4.95. The van der Waals surface area contributed by atoms with Crippen LogP contribution in [-0.4, -0.2) is 15.3 Å². The predicted molar refractivity (Wildman–Crippen MR) is 79.3 cm³/mol. The summed E-state index contributed by atoms with van der Waals surface area (Å²) >= 11 is 2.00. The summed E-state index contributed by atoms with van der Waals surface area (Å²) < 4.78 is 2.33. The van der Waals surface area contributed by atoms with Gasteiger partial charge < -0.3 is 4.57 Å². The third-order valence-electron chi connectivity index (χ3n) is 3.58. The first kappa shape index (κ1) is 12.6. The fraction of sp³-hybridized carbons (Fsp3) is 0.467. The second-order valence-corrected chi connectivity index (χ2v) is 6.56. The van der Waals surface area contributed by atoms with Crippen molar-refractivity contribution in [3.63, 3.8) is 0 Å². The van der Waals surface area contributed by atoms with Crippen LogP contribution in [0.1, 0.15) is 49.4 Å². The van der Waals surface area contributed by atoms with Gasteiger partial charge in [0.25, 0.3) is 0 Å². The molecule has 0 N–H and O–H groups in total. The lowest BCUT2D eigenvalue weighted by atomic mass is 10.2. The second kappa shape index (κ2) is 4.90. The maximum atomic E-state index is 9.01. The highest BCUT2D eigenvalue weighted by Crippen LogP contribution is 2.41. The molecule has 2 aromatic rings. The van der Waals surface area contributed by atoms with E-state index < -0.39 is 0 Å². The SMILES string of the molecule is CC(C)n1c(C2CCCS2)nc2cc(C#N)ccc21. The van der Waals surface area contributed by atoms with Crippen LogP contribution in [-0.2, 0) is 0 Å². The quantitative estimate of drug-likeness (QED) is 0.827. The summed E-state index contributed by atoms with van der Waals surface area (Å²) in [4.78, 5) is 4.82. The maximum absolute atomic E-state index is 9.01. The minimum absolute atomic E-state index is 0.397. The maximum Gasteiger partial charge on any atom is 0.123 e. The van der Waals surface area contributed by atoms with E-state index in [1.165, 1.54) is 24.4 Å². The number of nitriles is 1. The van der Waals surface area contributed by atoms with Crippen molar-refractivity contribution >= 4 is 22.8 Å². The first-order valence-corrected chi connectivity index (χ1v) is 7.79. The highest BCUT2D eigenvalue weighted by Gasteiger charge is 2.25. The molecule has 0 spiro atoms. The molecule has 0 bridgehead atoms. The van der Waals surface area contributed by atoms with Crippen LogP contribution in [0, 0.1) is 11.3 Å². The van der Waals surface area contributed by atoms with Gasteiger partial charge in [-0.15, -0.1) is 0 Å². The van der Waals surface area contributed by atoms with E-state index in [-0.39, 0.29) is 0 Å². The van der Waals surface area contributed by atoms with E-state index in [9.17, 15) is 0 Å². The number of aromatic nitrogens is 2. The highest BCUT2D eigenvalue weighted by molar-refractivity contribution is 7.99. The minimum atomic E-state index is 0.397. The second-order valence-electron chi connectivity index (χ2n) is 5.25. The zero-order valence-corrected chi connectivity index (χ0v) is 12.1. The van der Waals surface area contributed by atoms with Crippen LogP contribution >= 0.6 is 11.8 Å². The van der Waals surface area contributed by atoms with E-state index in [1.54, 1.807) is 0 Å². The van der Waals surface area contributed by atoms with Gasteiger partial charge in [0, 0.05) is 6.04 Å². The molecule has 0 amide bonds. The number of nitrogens with zero attached hydrogens (tertiary/aromatic N) is 3. The fourth-order valence-electron chi connectivity index (χ4n) is 2.74. The van der Waals surface area contributed by atoms with Crippen molar-refractivity contribution in [2.24, 2.45) is 0 Å². The fourth-order valence-corrected chi connectivity index (χ4v) is 4.00. The van der Waals surface area contributed by atoms with Crippen molar-refractivity contribution < 1.29 is 0 Å². The van der Waals surface area contributed by atoms with Gasteiger partial charge in [0.15, 0.2) is 0 Å². The Balaban J connectivity index is 2.20. The van der Waals surface area contributed by atoms with Crippen molar-refractivity contribution in [1.29, 1.82) is 5.26 Å². The Labute approximate surface area is 117 Å². The molecule has 1 aromatic carbocycles. The van der Waals surface area contributed by atoms with Crippen molar-refractivity contribution in [2.45, 2.75) is 38.0 Å². The smallest absolute Gasteiger partial charge is 0.123 e. The summed E-state index contributed by atoms with van der Waals surface area (Å²) in [5.41, 5.74) is 2.79. The first-order chi connectivity index (χ1) is 9.20. The largest absolute Gasteiger partial charge is 0.324 e. The molecular weight excluding hydrogens is 254 g/mol. The van der Waals surface area contributed by atoms with Crippen molar-refractivity contribution in [2.75, 3.05) is 5.75 Å². The molecule has 1 atom stereocenters. The molecular formula is C15H17N3S. The monoisotopic (exact) mass is 271 g/mol. The van der Waals surface area contributed by atoms with Crippen LogP contribution in [0.3, 0.4) is 0 Å². The average molecular weight is 271 g/mol. The van der Waals surface area contributed by atoms with Gasteiger partial charge in [-0.3, -0.25) is 0 Å². The molecule has 98 valence electrons. The summed E-state index contributed by atoms with van der Waals surface area (Å²) in [6.07, 6.45) is 2.49. The molecule has 0 aliphatic carbocycles. The van der Waals surface area contributed by atoms with Crippen LogP contribution in [0.2, 0.25) is 0 Å². The normalized spacial score (nSPS) is 19.2. The van der Waals surface area contributed by atoms with Gasteiger partial charge in [-0.2, -0.15) is 17.0 Å². The summed E-state index contributed by atoms with van der Waals surface area (Å²) in [7, 11) is 0. The topological polar surface area (TPSA) is 41.6 Å². The number of imidazole rings is 1. The lowest BCUT2D eigenvalue weighted by Gasteiger charge is -2.16. The number of hydrogen-bond acceptors (Lipinski definition) is 3. The van der Waals surface area contributed by atoms with Gasteiger partial charge in [0.2, 0.25) is 0 Å². The summed E-state index contributed by atoms with van der Waals surface area (Å²) in [5.74, 6) is 2.41. The molecule has 0 radical (unpaired) electrons. The lowest BCUT2D eigenvalue weighted by molar-refractivity contribution is 0.575. The van der Waals surface area contributed by atoms with Crippen LogP contribution in [0.15, 0.2) is 18.2 Å². The summed E-state index contributed by atoms with van der Waals surface area (Å²) in [6.45, 7) is 4.39. The van der Waals surface area contributed by atoms with Gasteiger partial charge in [0.05, 0.1) is 27.9 Å². The van der Waals surface area contributed by atoms with Crippen LogP contribution in [0.25, 0.3) is 11.0 Å². The Kier molecular flexibility index (Phi) is 3.24. The van der Waals surface area contributed by atoms with E-state index in [2.05, 4.69) is 24.5 Å². The number of hydrogen-bond donors (Lipinski definition) is 0. The van der Waals surface area contributed by atoms with Crippen LogP contribution in [0.5, 0.6) is 0 Å². The first-order valence-electron chi connectivity index (χ1n) is 6.74. The van der Waals surface area contributed by atoms with Gasteiger partial charge in [-0.05, 0) is 50.6 Å². The Morgan fingerprint density at radius 1 is 1.47 bits per heavy atom. The van der Waals surface area contributed by atoms with Gasteiger partial charge in [-0.1, -0.05) is 0 Å². The predicted octanol–water partition coefficient (Wildman–Crippen LogP) is 4.06. The van der Waals surface area contributed by atoms with Gasteiger partial charge in [0.1, 0.15) is 5.82 Å². The summed E-state index contributed by atoms with van der Waals surface area (Å²) in [6, 6.07) is 8.40. The van der Waals surface area contributed by atoms with E-state index in [4.69, 9.17) is 10.2 Å². The molecule has 1 fully saturated rings. The van der Waals surface area contributed by atoms with Crippen molar-refractivity contribution in [3.8, 4) is 6.07 Å². The van der Waals surface area contributed by atoms with Crippen LogP contribution in [0.4, 0.5) is 0 Å².